The minimum absolute atomic E-state index is 0.0141. The SMILES string of the molecule is Cc1cnc(N[C@H]2CCCN(C(=O)CO)C2)nc1Nc1ccccc1CC(=O)CCCl. The molecule has 8 nitrogen and oxygen atoms in total. The summed E-state index contributed by atoms with van der Waals surface area (Å²) in [7, 11) is 0. The molecule has 1 fully saturated rings. The molecule has 1 aromatic heterocycles. The van der Waals surface area contributed by atoms with Gasteiger partial charge < -0.3 is 20.6 Å². The number of anilines is 3. The highest BCUT2D eigenvalue weighted by molar-refractivity contribution is 6.19. The van der Waals surface area contributed by atoms with Crippen LogP contribution < -0.4 is 10.6 Å². The van der Waals surface area contributed by atoms with E-state index in [0.717, 1.165) is 29.7 Å². The predicted octanol–water partition coefficient (Wildman–Crippen LogP) is 2.66. The Labute approximate surface area is 187 Å². The molecule has 0 spiro atoms. The summed E-state index contributed by atoms with van der Waals surface area (Å²) in [5.41, 5.74) is 2.57. The Bertz CT molecular complexity index is 924. The van der Waals surface area contributed by atoms with E-state index in [9.17, 15) is 9.59 Å². The number of hydrogen-bond donors (Lipinski definition) is 3. The zero-order valence-electron chi connectivity index (χ0n) is 17.6. The van der Waals surface area contributed by atoms with E-state index >= 15 is 0 Å². The van der Waals surface area contributed by atoms with Crippen molar-refractivity contribution in [1.82, 2.24) is 14.9 Å². The number of ketones is 1. The molecule has 1 aromatic carbocycles. The van der Waals surface area contributed by atoms with Crippen molar-refractivity contribution in [3.05, 3.63) is 41.6 Å². The lowest BCUT2D eigenvalue weighted by atomic mass is 10.1. The van der Waals surface area contributed by atoms with E-state index < -0.39 is 6.61 Å². The van der Waals surface area contributed by atoms with Crippen LogP contribution in [0.25, 0.3) is 0 Å². The van der Waals surface area contributed by atoms with Gasteiger partial charge >= 0.3 is 0 Å². The minimum atomic E-state index is -0.478. The Morgan fingerprint density at radius 1 is 1.32 bits per heavy atom. The van der Waals surface area contributed by atoms with Gasteiger partial charge in [0.05, 0.1) is 0 Å². The van der Waals surface area contributed by atoms with E-state index in [1.54, 1.807) is 11.1 Å². The molecule has 1 aliphatic heterocycles. The van der Waals surface area contributed by atoms with Gasteiger partial charge in [-0.25, -0.2) is 4.98 Å². The summed E-state index contributed by atoms with van der Waals surface area (Å²) in [4.78, 5) is 34.5. The largest absolute Gasteiger partial charge is 0.387 e. The average Bonchev–Trinajstić information content (AvgIpc) is 2.77. The lowest BCUT2D eigenvalue weighted by molar-refractivity contribution is -0.135. The number of benzene rings is 1. The summed E-state index contributed by atoms with van der Waals surface area (Å²) in [5.74, 6) is 1.25. The van der Waals surface area contributed by atoms with Crippen LogP contribution in [0.1, 0.15) is 30.4 Å². The van der Waals surface area contributed by atoms with Crippen molar-refractivity contribution < 1.29 is 14.7 Å². The van der Waals surface area contributed by atoms with Crippen LogP contribution in [0.5, 0.6) is 0 Å². The zero-order chi connectivity index (χ0) is 22.2. The van der Waals surface area contributed by atoms with Crippen LogP contribution >= 0.6 is 11.6 Å². The number of aryl methyl sites for hydroxylation is 1. The Balaban J connectivity index is 1.72. The van der Waals surface area contributed by atoms with Crippen LogP contribution in [0.2, 0.25) is 0 Å². The van der Waals surface area contributed by atoms with Gasteiger partial charge in [-0.3, -0.25) is 9.59 Å². The summed E-state index contributed by atoms with van der Waals surface area (Å²) in [6.07, 6.45) is 4.12. The van der Waals surface area contributed by atoms with Crippen LogP contribution in [-0.4, -0.2) is 63.3 Å². The average molecular weight is 446 g/mol. The molecule has 1 amide bonds. The summed E-state index contributed by atoms with van der Waals surface area (Å²) in [5, 5.41) is 15.7. The van der Waals surface area contributed by atoms with Gasteiger partial charge in [-0.2, -0.15) is 4.98 Å². The molecule has 0 radical (unpaired) electrons. The third-order valence-corrected chi connectivity index (χ3v) is 5.43. The molecular formula is C22H28ClN5O3. The number of nitrogens with zero attached hydrogens (tertiary/aromatic N) is 3. The number of likely N-dealkylation sites (tertiary alicyclic amines) is 1. The van der Waals surface area contributed by atoms with Crippen LogP contribution in [0.3, 0.4) is 0 Å². The third kappa shape index (κ3) is 6.38. The van der Waals surface area contributed by atoms with Crippen molar-refractivity contribution in [2.45, 2.75) is 38.6 Å². The normalized spacial score (nSPS) is 16.1. The zero-order valence-corrected chi connectivity index (χ0v) is 18.4. The van der Waals surface area contributed by atoms with Gasteiger partial charge in [-0.05, 0) is 31.4 Å². The third-order valence-electron chi connectivity index (χ3n) is 5.25. The van der Waals surface area contributed by atoms with Crippen LogP contribution in [0, 0.1) is 6.92 Å². The molecule has 0 aliphatic carbocycles. The number of carbonyl (C=O) groups is 2. The first-order valence-electron chi connectivity index (χ1n) is 10.4. The molecule has 3 rings (SSSR count). The maximum atomic E-state index is 12.1. The molecule has 0 saturated carbocycles. The Kier molecular flexibility index (Phi) is 8.20. The highest BCUT2D eigenvalue weighted by atomic mass is 35.5. The maximum Gasteiger partial charge on any atom is 0.248 e. The summed E-state index contributed by atoms with van der Waals surface area (Å²) < 4.78 is 0. The number of aromatic nitrogens is 2. The van der Waals surface area contributed by atoms with Crippen molar-refractivity contribution >= 4 is 40.7 Å². The van der Waals surface area contributed by atoms with E-state index in [1.165, 1.54) is 0 Å². The van der Waals surface area contributed by atoms with Crippen molar-refractivity contribution in [3.8, 4) is 0 Å². The first-order valence-corrected chi connectivity index (χ1v) is 10.9. The van der Waals surface area contributed by atoms with E-state index in [0.29, 0.717) is 43.6 Å². The number of halogens is 1. The molecule has 0 unspecified atom stereocenters. The fourth-order valence-corrected chi connectivity index (χ4v) is 3.78. The minimum Gasteiger partial charge on any atom is -0.387 e. The number of aliphatic hydroxyl groups is 1. The van der Waals surface area contributed by atoms with Gasteiger partial charge in [0.25, 0.3) is 0 Å². The lowest BCUT2D eigenvalue weighted by Gasteiger charge is -2.32. The van der Waals surface area contributed by atoms with Crippen LogP contribution in [0.15, 0.2) is 30.5 Å². The number of alkyl halides is 1. The quantitative estimate of drug-likeness (QED) is 0.509. The van der Waals surface area contributed by atoms with Gasteiger partial charge in [-0.1, -0.05) is 18.2 Å². The fourth-order valence-electron chi connectivity index (χ4n) is 3.57. The number of carbonyl (C=O) groups excluding carboxylic acids is 2. The number of amides is 1. The molecule has 31 heavy (non-hydrogen) atoms. The molecule has 9 heteroatoms. The number of para-hydroxylation sites is 1. The van der Waals surface area contributed by atoms with E-state index in [2.05, 4.69) is 20.6 Å². The first kappa shape index (κ1) is 23.0. The Morgan fingerprint density at radius 2 is 2.13 bits per heavy atom. The Morgan fingerprint density at radius 3 is 2.90 bits per heavy atom. The maximum absolute atomic E-state index is 12.1. The summed E-state index contributed by atoms with van der Waals surface area (Å²) in [6.45, 7) is 2.59. The molecule has 1 saturated heterocycles. The van der Waals surface area contributed by atoms with Crippen LogP contribution in [0.4, 0.5) is 17.5 Å². The molecular weight excluding hydrogens is 418 g/mol. The molecule has 166 valence electrons. The number of aliphatic hydroxyl groups excluding tert-OH is 1. The van der Waals surface area contributed by atoms with E-state index in [1.807, 2.05) is 31.2 Å². The van der Waals surface area contributed by atoms with E-state index in [-0.39, 0.29) is 17.7 Å². The van der Waals surface area contributed by atoms with Gasteiger partial charge in [0, 0.05) is 55.3 Å². The highest BCUT2D eigenvalue weighted by Gasteiger charge is 2.23. The van der Waals surface area contributed by atoms with Crippen LogP contribution in [-0.2, 0) is 16.0 Å². The topological polar surface area (TPSA) is 107 Å². The molecule has 1 atom stereocenters. The molecule has 3 N–H and O–H groups in total. The second-order valence-electron chi connectivity index (χ2n) is 7.64. The van der Waals surface area contributed by atoms with Gasteiger partial charge in [0.1, 0.15) is 18.2 Å². The monoisotopic (exact) mass is 445 g/mol. The van der Waals surface area contributed by atoms with Gasteiger partial charge in [0.2, 0.25) is 11.9 Å². The van der Waals surface area contributed by atoms with Crippen molar-refractivity contribution in [2.75, 3.05) is 36.2 Å². The second kappa shape index (κ2) is 11.1. The van der Waals surface area contributed by atoms with E-state index in [4.69, 9.17) is 16.7 Å². The molecule has 2 heterocycles. The van der Waals surface area contributed by atoms with Crippen molar-refractivity contribution in [3.63, 3.8) is 0 Å². The molecule has 0 bridgehead atoms. The molecule has 1 aliphatic rings. The summed E-state index contributed by atoms with van der Waals surface area (Å²) >= 11 is 5.69. The first-order chi connectivity index (χ1) is 15.0. The number of hydrogen-bond acceptors (Lipinski definition) is 7. The predicted molar refractivity (Wildman–Crippen MR) is 121 cm³/mol. The highest BCUT2D eigenvalue weighted by Crippen LogP contribution is 2.24. The van der Waals surface area contributed by atoms with Gasteiger partial charge in [0.15, 0.2) is 0 Å². The summed E-state index contributed by atoms with van der Waals surface area (Å²) in [6, 6.07) is 7.65. The number of rotatable bonds is 9. The number of nitrogens with one attached hydrogen (secondary N) is 2. The molecule has 2 aromatic rings. The Hall–Kier alpha value is -2.71. The second-order valence-corrected chi connectivity index (χ2v) is 8.02. The number of Topliss-reactive ketones (excluding diaryl/α,β-unsaturated/α-hetero) is 1. The van der Waals surface area contributed by atoms with Crippen molar-refractivity contribution in [2.24, 2.45) is 0 Å². The fraction of sp³-hybridized carbons (Fsp3) is 0.455. The van der Waals surface area contributed by atoms with Gasteiger partial charge in [-0.15, -0.1) is 11.6 Å². The number of piperidine rings is 1. The lowest BCUT2D eigenvalue weighted by Crippen LogP contribution is -2.46. The van der Waals surface area contributed by atoms with Crippen molar-refractivity contribution in [1.29, 1.82) is 0 Å². The smallest absolute Gasteiger partial charge is 0.248 e. The standard InChI is InChI=1S/C22H28ClN5O3/c1-15-12-24-22(25-17-6-4-10-28(13-17)20(31)14-29)27-21(15)26-19-7-3-2-5-16(19)11-18(30)8-9-23/h2-3,5,7,12,17,29H,4,6,8-11,13-14H2,1H3,(H2,24,25,26,27)/t17-/m0/s1.